The van der Waals surface area contributed by atoms with Crippen molar-refractivity contribution in [3.63, 3.8) is 0 Å². The number of nitrogens with zero attached hydrogens (tertiary/aromatic N) is 3. The van der Waals surface area contributed by atoms with Crippen LogP contribution in [0.3, 0.4) is 0 Å². The van der Waals surface area contributed by atoms with Crippen LogP contribution in [0.2, 0.25) is 0 Å². The van der Waals surface area contributed by atoms with Crippen LogP contribution in [0, 0.1) is 6.54 Å². The molecule has 2 aliphatic heterocycles. The molecular weight excluding hydrogens is 335 g/mol. The Hall–Kier alpha value is -0.876. The van der Waals surface area contributed by atoms with Gasteiger partial charge < -0.3 is 14.3 Å². The van der Waals surface area contributed by atoms with Gasteiger partial charge in [0.05, 0.1) is 13.3 Å². The van der Waals surface area contributed by atoms with Crippen LogP contribution in [-0.2, 0) is 32.7 Å². The molecule has 1 saturated heterocycles. The monoisotopic (exact) mass is 353 g/mol. The van der Waals surface area contributed by atoms with Crippen LogP contribution in [0.1, 0.15) is 37.2 Å². The van der Waals surface area contributed by atoms with Gasteiger partial charge >= 0.3 is 0 Å². The van der Waals surface area contributed by atoms with Crippen LogP contribution in [0.15, 0.2) is 11.0 Å². The summed E-state index contributed by atoms with van der Waals surface area (Å²) in [6, 6.07) is 0.0923. The van der Waals surface area contributed by atoms with Crippen molar-refractivity contribution >= 4 is 5.91 Å². The summed E-state index contributed by atoms with van der Waals surface area (Å²) in [4.78, 5) is 25.6. The molecule has 0 unspecified atom stereocenters. The van der Waals surface area contributed by atoms with Gasteiger partial charge in [-0.3, -0.25) is 9.59 Å². The molecule has 1 aromatic rings. The van der Waals surface area contributed by atoms with E-state index in [1.54, 1.807) is 4.90 Å². The first-order chi connectivity index (χ1) is 9.22. The van der Waals surface area contributed by atoms with E-state index < -0.39 is 0 Å². The van der Waals surface area contributed by atoms with Gasteiger partial charge in [0.2, 0.25) is 5.43 Å². The van der Waals surface area contributed by atoms with Gasteiger partial charge in [-0.05, 0) is 12.8 Å². The molecule has 3 rings (SSSR count). The molecule has 2 aliphatic rings. The summed E-state index contributed by atoms with van der Waals surface area (Å²) in [5, 5.41) is 3.96. The Morgan fingerprint density at radius 1 is 1.40 bits per heavy atom. The minimum absolute atomic E-state index is 0. The summed E-state index contributed by atoms with van der Waals surface area (Å²) in [6.45, 7) is 6.60. The fourth-order valence-corrected chi connectivity index (χ4v) is 2.46. The zero-order chi connectivity index (χ0) is 14.0. The van der Waals surface area contributed by atoms with E-state index in [2.05, 4.69) is 5.10 Å². The van der Waals surface area contributed by atoms with E-state index in [0.717, 1.165) is 19.4 Å². The number of amides is 1. The Labute approximate surface area is 143 Å². The maximum absolute atomic E-state index is 12.3. The topological polar surface area (TPSA) is 64.4 Å². The standard InChI is InChI=1S/C11H12N3O3.C2H6.Y/c1-17-10-8(15)5-12-14-6-7-3-2-4-13(7)11(16)9(10)14;1-2;/h5-7H,2-4H2,1H3;1-2H3;/q-1;;/t7-;;/m1../s1. The first-order valence-electron chi connectivity index (χ1n) is 6.54. The van der Waals surface area contributed by atoms with E-state index in [1.807, 2.05) is 20.4 Å². The van der Waals surface area contributed by atoms with Crippen molar-refractivity contribution < 1.29 is 42.2 Å². The molecule has 0 bridgehead atoms. The summed E-state index contributed by atoms with van der Waals surface area (Å²) in [5.74, 6) is -0.0938. The largest absolute Gasteiger partial charge is 0.509 e. The second-order valence-electron chi connectivity index (χ2n) is 4.19. The number of carbonyl (C=O) groups excluding carboxylic acids is 1. The van der Waals surface area contributed by atoms with Crippen molar-refractivity contribution in [1.29, 1.82) is 0 Å². The molecule has 3 heterocycles. The zero-order valence-electron chi connectivity index (χ0n) is 12.0. The number of hydrogen-bond acceptors (Lipinski definition) is 4. The second kappa shape index (κ2) is 7.22. The Morgan fingerprint density at radius 2 is 2.10 bits per heavy atom. The zero-order valence-corrected chi connectivity index (χ0v) is 14.8. The van der Waals surface area contributed by atoms with Gasteiger partial charge in [0, 0.05) is 51.0 Å². The van der Waals surface area contributed by atoms with Crippen LogP contribution in [-0.4, -0.2) is 40.3 Å². The van der Waals surface area contributed by atoms with Gasteiger partial charge in [0.15, 0.2) is 5.91 Å². The number of aromatic nitrogens is 2. The van der Waals surface area contributed by atoms with Crippen LogP contribution in [0.5, 0.6) is 5.75 Å². The minimum Gasteiger partial charge on any atom is -0.509 e. The number of fused-ring (bicyclic) bond motifs is 2. The number of ether oxygens (including phenoxy) is 1. The van der Waals surface area contributed by atoms with Crippen molar-refractivity contribution in [1.82, 2.24) is 14.7 Å². The number of hydrogen-bond donors (Lipinski definition) is 0. The summed E-state index contributed by atoms with van der Waals surface area (Å²) < 4.78 is 6.49. The van der Waals surface area contributed by atoms with Crippen LogP contribution in [0.25, 0.3) is 0 Å². The van der Waals surface area contributed by atoms with Gasteiger partial charge in [0.1, 0.15) is 5.75 Å². The molecule has 1 aromatic heterocycles. The van der Waals surface area contributed by atoms with E-state index >= 15 is 0 Å². The van der Waals surface area contributed by atoms with Crippen molar-refractivity contribution in [2.45, 2.75) is 32.7 Å². The molecule has 0 aromatic carbocycles. The van der Waals surface area contributed by atoms with Crippen LogP contribution < -0.4 is 10.2 Å². The van der Waals surface area contributed by atoms with Crippen molar-refractivity contribution in [3.05, 3.63) is 28.7 Å². The number of carbonyl (C=O) groups is 1. The average Bonchev–Trinajstić information content (AvgIpc) is 2.90. The Kier molecular flexibility index (Phi) is 6.20. The van der Waals surface area contributed by atoms with Crippen molar-refractivity contribution in [2.24, 2.45) is 0 Å². The molecule has 0 N–H and O–H groups in total. The molecule has 1 amide bonds. The molecule has 6 nitrogen and oxygen atoms in total. The third-order valence-electron chi connectivity index (χ3n) is 3.25. The molecule has 0 spiro atoms. The molecule has 1 atom stereocenters. The van der Waals surface area contributed by atoms with Crippen LogP contribution >= 0.6 is 0 Å². The Morgan fingerprint density at radius 3 is 2.75 bits per heavy atom. The second-order valence-corrected chi connectivity index (χ2v) is 4.19. The van der Waals surface area contributed by atoms with Gasteiger partial charge in [-0.1, -0.05) is 13.8 Å². The van der Waals surface area contributed by atoms with Crippen molar-refractivity contribution in [3.8, 4) is 5.75 Å². The number of methoxy groups -OCH3 is 1. The molecule has 0 saturated carbocycles. The fraction of sp³-hybridized carbons (Fsp3) is 0.538. The Bertz CT molecular complexity index is 544. The summed E-state index contributed by atoms with van der Waals surface area (Å²) in [5.41, 5.74) is -0.128. The molecule has 107 valence electrons. The summed E-state index contributed by atoms with van der Waals surface area (Å²) in [6.07, 6.45) is 3.10. The van der Waals surface area contributed by atoms with Crippen LogP contribution in [0.4, 0.5) is 0 Å². The molecule has 20 heavy (non-hydrogen) atoms. The predicted octanol–water partition coefficient (Wildman–Crippen LogP) is 0.904. The first kappa shape index (κ1) is 17.2. The Balaban J connectivity index is 0.000000639. The predicted molar refractivity (Wildman–Crippen MR) is 70.2 cm³/mol. The maximum Gasteiger partial charge on any atom is 0.224 e. The average molecular weight is 353 g/mol. The SMILES string of the molecule is CC.COc1c2n(ncc1=O)[CH-][C@H]1CCCN1C2=O.[Y]. The first-order valence-corrected chi connectivity index (χ1v) is 6.54. The van der Waals surface area contributed by atoms with E-state index in [9.17, 15) is 9.59 Å². The smallest absolute Gasteiger partial charge is 0.224 e. The van der Waals surface area contributed by atoms with Gasteiger partial charge in [-0.25, -0.2) is 5.10 Å². The van der Waals surface area contributed by atoms with E-state index in [1.165, 1.54) is 18.0 Å². The van der Waals surface area contributed by atoms with Gasteiger partial charge in [-0.15, -0.1) is 6.54 Å². The van der Waals surface area contributed by atoms with Gasteiger partial charge in [0.25, 0.3) is 0 Å². The number of rotatable bonds is 1. The van der Waals surface area contributed by atoms with Crippen molar-refractivity contribution in [2.75, 3.05) is 13.7 Å². The third kappa shape index (κ3) is 2.77. The fourth-order valence-electron chi connectivity index (χ4n) is 2.46. The van der Waals surface area contributed by atoms with Gasteiger partial charge in [-0.2, -0.15) is 0 Å². The minimum atomic E-state index is -0.363. The summed E-state index contributed by atoms with van der Waals surface area (Å²) >= 11 is 0. The molecule has 0 aliphatic carbocycles. The normalized spacial score (nSPS) is 18.9. The molecular formula is C13H18N3O3Y-. The maximum atomic E-state index is 12.3. The summed E-state index contributed by atoms with van der Waals surface area (Å²) in [7, 11) is 1.39. The molecule has 1 radical (unpaired) electrons. The third-order valence-corrected chi connectivity index (χ3v) is 3.25. The van der Waals surface area contributed by atoms with E-state index in [-0.39, 0.29) is 61.5 Å². The van der Waals surface area contributed by atoms with E-state index in [0.29, 0.717) is 0 Å². The molecule has 1 fully saturated rings. The quantitative estimate of drug-likeness (QED) is 0.704. The van der Waals surface area contributed by atoms with E-state index in [4.69, 9.17) is 4.74 Å². The molecule has 7 heteroatoms.